The Labute approximate surface area is 261 Å². The number of benzene rings is 2. The first-order chi connectivity index (χ1) is 20.9. The summed E-state index contributed by atoms with van der Waals surface area (Å²) in [5.74, 6) is 1.34. The van der Waals surface area contributed by atoms with Gasteiger partial charge in [-0.1, -0.05) is 54.4 Å². The lowest BCUT2D eigenvalue weighted by atomic mass is 9.96. The van der Waals surface area contributed by atoms with E-state index in [4.69, 9.17) is 32.9 Å². The van der Waals surface area contributed by atoms with Crippen LogP contribution in [0.15, 0.2) is 65.5 Å². The van der Waals surface area contributed by atoms with Gasteiger partial charge in [0.15, 0.2) is 5.65 Å². The first-order valence-corrected chi connectivity index (χ1v) is 15.6. The molecule has 1 aliphatic rings. The number of piperazine rings is 1. The predicted octanol–water partition coefficient (Wildman–Crippen LogP) is 6.03. The lowest BCUT2D eigenvalue weighted by molar-refractivity contribution is 0.108. The van der Waals surface area contributed by atoms with Crippen LogP contribution < -0.4 is 10.3 Å². The Hall–Kier alpha value is -3.43. The third-order valence-corrected chi connectivity index (χ3v) is 8.93. The minimum Gasteiger partial charge on any atom is -0.481 e. The molecule has 1 fully saturated rings. The van der Waals surface area contributed by atoms with Crippen molar-refractivity contribution in [3.05, 3.63) is 104 Å². The number of nitrogens with zero attached hydrogens (tertiary/aromatic N) is 6. The number of hydrogen-bond acceptors (Lipinski definition) is 6. The van der Waals surface area contributed by atoms with E-state index in [1.54, 1.807) is 7.11 Å². The third-order valence-electron chi connectivity index (χ3n) is 8.43. The monoisotopic (exact) mass is 618 g/mol. The van der Waals surface area contributed by atoms with E-state index >= 15 is 0 Å². The van der Waals surface area contributed by atoms with E-state index in [-0.39, 0.29) is 11.6 Å². The van der Waals surface area contributed by atoms with Gasteiger partial charge in [-0.2, -0.15) is 4.98 Å². The Morgan fingerprint density at radius 1 is 0.860 bits per heavy atom. The van der Waals surface area contributed by atoms with Gasteiger partial charge in [-0.25, -0.2) is 4.98 Å². The van der Waals surface area contributed by atoms with Crippen molar-refractivity contribution in [2.45, 2.75) is 39.3 Å². The van der Waals surface area contributed by atoms with Crippen molar-refractivity contribution in [1.29, 1.82) is 0 Å². The number of methoxy groups -OCH3 is 1. The van der Waals surface area contributed by atoms with E-state index in [2.05, 4.69) is 39.0 Å². The Morgan fingerprint density at radius 2 is 1.49 bits per heavy atom. The van der Waals surface area contributed by atoms with E-state index in [9.17, 15) is 4.79 Å². The molecule has 0 atom stereocenters. The van der Waals surface area contributed by atoms with Crippen LogP contribution in [0.1, 0.15) is 42.0 Å². The average molecular weight is 620 g/mol. The quantitative estimate of drug-likeness (QED) is 0.201. The van der Waals surface area contributed by atoms with Crippen LogP contribution in [-0.4, -0.2) is 68.6 Å². The molecule has 0 radical (unpaired) electrons. The molecular weight excluding hydrogens is 583 g/mol. The topological polar surface area (TPSA) is 67.9 Å². The molecule has 5 aromatic rings. The van der Waals surface area contributed by atoms with Gasteiger partial charge in [0.1, 0.15) is 11.3 Å². The minimum absolute atomic E-state index is 0.0252. The molecule has 8 nitrogen and oxygen atoms in total. The van der Waals surface area contributed by atoms with Gasteiger partial charge in [-0.05, 0) is 61.3 Å². The molecule has 0 spiro atoms. The number of halogens is 2. The maximum Gasteiger partial charge on any atom is 0.277 e. The number of aryl methyl sites for hydroxylation is 3. The molecule has 0 N–H and O–H groups in total. The number of fused-ring (bicyclic) bond motifs is 3. The standard InChI is InChI=1S/C33H36Cl2N6O2/c1-4-28-36-22(2)30-33(42)40(27-14-15-29(43-3)37-32(27)41(28)30)17-5-16-38-18-20-39(21-19-38)31(23-6-10-25(34)11-7-23)24-8-12-26(35)13-9-24/h6-15,31H,4-5,16-21H2,1-3H3. The largest absolute Gasteiger partial charge is 0.481 e. The number of hydrogen-bond donors (Lipinski definition) is 0. The van der Waals surface area contributed by atoms with Crippen LogP contribution >= 0.6 is 23.2 Å². The van der Waals surface area contributed by atoms with Crippen molar-refractivity contribution >= 4 is 39.9 Å². The summed E-state index contributed by atoms with van der Waals surface area (Å²) in [4.78, 5) is 28.2. The summed E-state index contributed by atoms with van der Waals surface area (Å²) in [6.07, 6.45) is 1.55. The molecule has 0 saturated carbocycles. The average Bonchev–Trinajstić information content (AvgIpc) is 3.37. The Morgan fingerprint density at radius 3 is 2.07 bits per heavy atom. The highest BCUT2D eigenvalue weighted by atomic mass is 35.5. The molecule has 1 aliphatic heterocycles. The highest BCUT2D eigenvalue weighted by molar-refractivity contribution is 6.30. The van der Waals surface area contributed by atoms with Gasteiger partial charge in [-0.15, -0.1) is 0 Å². The van der Waals surface area contributed by atoms with E-state index in [1.165, 1.54) is 11.1 Å². The zero-order chi connectivity index (χ0) is 30.1. The van der Waals surface area contributed by atoms with E-state index in [0.29, 0.717) is 30.0 Å². The summed E-state index contributed by atoms with van der Waals surface area (Å²) in [6, 6.07) is 20.2. The molecule has 0 bridgehead atoms. The summed E-state index contributed by atoms with van der Waals surface area (Å²) in [5.41, 5.74) is 5.23. The zero-order valence-corrected chi connectivity index (χ0v) is 26.3. The van der Waals surface area contributed by atoms with Gasteiger partial charge in [-0.3, -0.25) is 14.1 Å². The van der Waals surface area contributed by atoms with Gasteiger partial charge in [0.25, 0.3) is 5.56 Å². The SMILES string of the molecule is CCc1nc(C)c2c(=O)n(CCCN3CCN(C(c4ccc(Cl)cc4)c4ccc(Cl)cc4)CC3)c3ccc(OC)nc3n12. The van der Waals surface area contributed by atoms with Crippen LogP contribution in [0.25, 0.3) is 16.7 Å². The van der Waals surface area contributed by atoms with Gasteiger partial charge >= 0.3 is 0 Å². The highest BCUT2D eigenvalue weighted by Crippen LogP contribution is 2.31. The van der Waals surface area contributed by atoms with Crippen LogP contribution in [0.3, 0.4) is 0 Å². The molecule has 0 aliphatic carbocycles. The highest BCUT2D eigenvalue weighted by Gasteiger charge is 2.27. The van der Waals surface area contributed by atoms with Crippen LogP contribution in [0.5, 0.6) is 5.88 Å². The molecule has 0 unspecified atom stereocenters. The molecule has 2 aromatic carbocycles. The fourth-order valence-electron chi connectivity index (χ4n) is 6.28. The van der Waals surface area contributed by atoms with Crippen molar-refractivity contribution in [2.75, 3.05) is 39.8 Å². The van der Waals surface area contributed by atoms with Crippen molar-refractivity contribution in [1.82, 2.24) is 28.7 Å². The Balaban J connectivity index is 1.18. The minimum atomic E-state index is -0.0252. The van der Waals surface area contributed by atoms with Crippen molar-refractivity contribution in [3.63, 3.8) is 0 Å². The lowest BCUT2D eigenvalue weighted by Crippen LogP contribution is -2.48. The number of rotatable bonds is 9. The smallest absolute Gasteiger partial charge is 0.277 e. The zero-order valence-electron chi connectivity index (χ0n) is 24.8. The van der Waals surface area contributed by atoms with Crippen molar-refractivity contribution < 1.29 is 4.74 Å². The van der Waals surface area contributed by atoms with Crippen molar-refractivity contribution in [3.8, 4) is 5.88 Å². The molecule has 3 aromatic heterocycles. The summed E-state index contributed by atoms with van der Waals surface area (Å²) < 4.78 is 9.19. The molecule has 0 amide bonds. The van der Waals surface area contributed by atoms with Crippen LogP contribution in [0, 0.1) is 6.92 Å². The fourth-order valence-corrected chi connectivity index (χ4v) is 6.53. The van der Waals surface area contributed by atoms with Gasteiger partial charge in [0.2, 0.25) is 5.88 Å². The van der Waals surface area contributed by atoms with Crippen LogP contribution in [0.4, 0.5) is 0 Å². The number of pyridine rings is 1. The van der Waals surface area contributed by atoms with E-state index in [0.717, 1.165) is 66.2 Å². The Kier molecular flexibility index (Phi) is 8.73. The number of imidazole rings is 1. The maximum absolute atomic E-state index is 13.8. The summed E-state index contributed by atoms with van der Waals surface area (Å²) in [5, 5.41) is 1.47. The molecule has 6 rings (SSSR count). The first-order valence-electron chi connectivity index (χ1n) is 14.8. The van der Waals surface area contributed by atoms with Crippen LogP contribution in [0.2, 0.25) is 10.0 Å². The van der Waals surface area contributed by atoms with E-state index < -0.39 is 0 Å². The summed E-state index contributed by atoms with van der Waals surface area (Å²) >= 11 is 12.4. The molecule has 224 valence electrons. The maximum atomic E-state index is 13.8. The molecule has 43 heavy (non-hydrogen) atoms. The second kappa shape index (κ2) is 12.7. The molecule has 4 heterocycles. The second-order valence-electron chi connectivity index (χ2n) is 11.0. The van der Waals surface area contributed by atoms with Crippen LogP contribution in [-0.2, 0) is 13.0 Å². The predicted molar refractivity (Wildman–Crippen MR) is 173 cm³/mol. The summed E-state index contributed by atoms with van der Waals surface area (Å²) in [6.45, 7) is 9.21. The van der Waals surface area contributed by atoms with E-state index in [1.807, 2.05) is 59.2 Å². The molecule has 10 heteroatoms. The van der Waals surface area contributed by atoms with Crippen molar-refractivity contribution in [2.24, 2.45) is 0 Å². The fraction of sp³-hybridized carbons (Fsp3) is 0.364. The third kappa shape index (κ3) is 5.89. The van der Waals surface area contributed by atoms with Gasteiger partial charge < -0.3 is 14.2 Å². The summed E-state index contributed by atoms with van der Waals surface area (Å²) in [7, 11) is 1.61. The normalized spacial score (nSPS) is 14.7. The number of ether oxygens (including phenoxy) is 1. The molecular formula is C33H36Cl2N6O2. The Bertz CT molecular complexity index is 1750. The van der Waals surface area contributed by atoms with Gasteiger partial charge in [0, 0.05) is 55.3 Å². The first kappa shape index (κ1) is 29.6. The second-order valence-corrected chi connectivity index (χ2v) is 11.9. The van der Waals surface area contributed by atoms with Gasteiger partial charge in [0.05, 0.1) is 24.4 Å². The number of aromatic nitrogens is 4. The molecule has 1 saturated heterocycles. The lowest BCUT2D eigenvalue weighted by Gasteiger charge is -2.40.